The highest BCUT2D eigenvalue weighted by Crippen LogP contribution is 2.27. The Morgan fingerprint density at radius 2 is 1.92 bits per heavy atom. The molecule has 2 heterocycles. The number of likely N-dealkylation sites (tertiary alicyclic amines) is 1. The number of hydrogen-bond donors (Lipinski definition) is 0. The Hall–Kier alpha value is -1.88. The summed E-state index contributed by atoms with van der Waals surface area (Å²) in [5, 5.41) is 0. The van der Waals surface area contributed by atoms with Gasteiger partial charge in [0.05, 0.1) is 6.04 Å². The van der Waals surface area contributed by atoms with Crippen LogP contribution in [0.15, 0.2) is 30.3 Å². The van der Waals surface area contributed by atoms with Crippen LogP contribution in [0.1, 0.15) is 31.7 Å². The lowest BCUT2D eigenvalue weighted by molar-refractivity contribution is -0.133. The number of hydrogen-bond acceptors (Lipinski definition) is 4. The Morgan fingerprint density at radius 1 is 1.24 bits per heavy atom. The summed E-state index contributed by atoms with van der Waals surface area (Å²) in [5.74, 6) is 0.348. The molecule has 5 heteroatoms. The first kappa shape index (κ1) is 17.9. The third-order valence-corrected chi connectivity index (χ3v) is 5.46. The molecule has 2 amide bonds. The van der Waals surface area contributed by atoms with E-state index in [2.05, 4.69) is 11.9 Å². The maximum absolute atomic E-state index is 12.9. The minimum atomic E-state index is -0.485. The van der Waals surface area contributed by atoms with Crippen LogP contribution in [0.3, 0.4) is 0 Å². The van der Waals surface area contributed by atoms with E-state index >= 15 is 0 Å². The van der Waals surface area contributed by atoms with E-state index in [1.165, 1.54) is 4.90 Å². The molecule has 25 heavy (non-hydrogen) atoms. The number of carbonyl (C=O) groups is 2. The summed E-state index contributed by atoms with van der Waals surface area (Å²) >= 11 is 0. The summed E-state index contributed by atoms with van der Waals surface area (Å²) in [6.45, 7) is 4.42. The Kier molecular flexibility index (Phi) is 5.74. The second-order valence-electron chi connectivity index (χ2n) is 7.51. The smallest absolute Gasteiger partial charge is 0.416 e. The molecule has 2 aliphatic rings. The molecule has 5 nitrogen and oxygen atoms in total. The van der Waals surface area contributed by atoms with Crippen LogP contribution in [0, 0.1) is 11.8 Å². The number of benzene rings is 1. The number of nitrogens with zero attached hydrogens (tertiary/aromatic N) is 2. The lowest BCUT2D eigenvalue weighted by atomic mass is 9.87. The maximum atomic E-state index is 12.9. The third-order valence-electron chi connectivity index (χ3n) is 5.46. The summed E-state index contributed by atoms with van der Waals surface area (Å²) in [6.07, 6.45) is 3.28. The van der Waals surface area contributed by atoms with Crippen molar-refractivity contribution < 1.29 is 14.3 Å². The molecule has 2 aliphatic heterocycles. The molecule has 0 radical (unpaired) electrons. The number of carbonyl (C=O) groups excluding carboxylic acids is 2. The van der Waals surface area contributed by atoms with Crippen molar-refractivity contribution in [1.29, 1.82) is 0 Å². The van der Waals surface area contributed by atoms with Crippen LogP contribution in [0.5, 0.6) is 0 Å². The van der Waals surface area contributed by atoms with Gasteiger partial charge >= 0.3 is 6.09 Å². The van der Waals surface area contributed by atoms with Gasteiger partial charge in [-0.15, -0.1) is 0 Å². The zero-order valence-electron chi connectivity index (χ0n) is 15.2. The van der Waals surface area contributed by atoms with Crippen molar-refractivity contribution >= 4 is 12.0 Å². The van der Waals surface area contributed by atoms with Crippen molar-refractivity contribution in [3.05, 3.63) is 35.9 Å². The fraction of sp³-hybridized carbons (Fsp3) is 0.600. The third kappa shape index (κ3) is 4.40. The molecular weight excluding hydrogens is 316 g/mol. The molecule has 1 unspecified atom stereocenters. The summed E-state index contributed by atoms with van der Waals surface area (Å²) < 4.78 is 5.19. The quantitative estimate of drug-likeness (QED) is 0.824. The van der Waals surface area contributed by atoms with E-state index in [0.29, 0.717) is 18.9 Å². The standard InChI is InChI=1S/C20H28N2O3/c1-15(12-17-8-10-21(2)11-9-17)19(23)22-18(14-25-20(22)24)13-16-6-4-3-5-7-16/h3-7,15,17-18H,8-14H2,1-2H3/t15?,18-/m0/s1. The van der Waals surface area contributed by atoms with Gasteiger partial charge in [0, 0.05) is 5.92 Å². The van der Waals surface area contributed by atoms with E-state index in [1.807, 2.05) is 37.3 Å². The van der Waals surface area contributed by atoms with Gasteiger partial charge in [0.25, 0.3) is 0 Å². The van der Waals surface area contributed by atoms with Crippen molar-refractivity contribution in [1.82, 2.24) is 9.80 Å². The highest BCUT2D eigenvalue weighted by atomic mass is 16.6. The molecule has 0 spiro atoms. The van der Waals surface area contributed by atoms with E-state index in [4.69, 9.17) is 4.74 Å². The van der Waals surface area contributed by atoms with Crippen LogP contribution in [-0.4, -0.2) is 54.6 Å². The zero-order chi connectivity index (χ0) is 17.8. The van der Waals surface area contributed by atoms with Gasteiger partial charge in [0.2, 0.25) is 5.91 Å². The number of piperidine rings is 1. The van der Waals surface area contributed by atoms with Crippen molar-refractivity contribution in [2.45, 2.75) is 38.6 Å². The van der Waals surface area contributed by atoms with E-state index < -0.39 is 6.09 Å². The van der Waals surface area contributed by atoms with E-state index in [1.54, 1.807) is 0 Å². The summed E-state index contributed by atoms with van der Waals surface area (Å²) in [7, 11) is 2.14. The van der Waals surface area contributed by atoms with Gasteiger partial charge in [-0.1, -0.05) is 37.3 Å². The SMILES string of the molecule is CC(CC1CCN(C)CC1)C(=O)N1C(=O)OC[C@@H]1Cc1ccccc1. The number of rotatable bonds is 5. The molecule has 0 N–H and O–H groups in total. The Morgan fingerprint density at radius 3 is 2.60 bits per heavy atom. The zero-order valence-corrected chi connectivity index (χ0v) is 15.2. The van der Waals surface area contributed by atoms with Crippen LogP contribution in [0.4, 0.5) is 4.79 Å². The Bertz CT molecular complexity index is 596. The second kappa shape index (κ2) is 8.00. The van der Waals surface area contributed by atoms with Crippen molar-refractivity contribution in [2.24, 2.45) is 11.8 Å². The molecule has 2 atom stereocenters. The van der Waals surface area contributed by atoms with Gasteiger partial charge in [-0.05, 0) is 57.3 Å². The van der Waals surface area contributed by atoms with E-state index in [9.17, 15) is 9.59 Å². The molecule has 0 aliphatic carbocycles. The Labute approximate surface area is 149 Å². The molecule has 0 saturated carbocycles. The molecule has 1 aromatic rings. The molecule has 0 aromatic heterocycles. The average molecular weight is 344 g/mol. The number of amides is 2. The summed E-state index contributed by atoms with van der Waals surface area (Å²) in [6, 6.07) is 9.76. The van der Waals surface area contributed by atoms with E-state index in [0.717, 1.165) is 37.9 Å². The van der Waals surface area contributed by atoms with Gasteiger partial charge in [-0.25, -0.2) is 9.69 Å². The highest BCUT2D eigenvalue weighted by Gasteiger charge is 2.40. The first-order valence-corrected chi connectivity index (χ1v) is 9.27. The Balaban J connectivity index is 1.61. The van der Waals surface area contributed by atoms with Crippen LogP contribution >= 0.6 is 0 Å². The lowest BCUT2D eigenvalue weighted by Gasteiger charge is -2.31. The largest absolute Gasteiger partial charge is 0.447 e. The molecular formula is C20H28N2O3. The van der Waals surface area contributed by atoms with Crippen LogP contribution in [0.2, 0.25) is 0 Å². The minimum Gasteiger partial charge on any atom is -0.447 e. The predicted octanol–water partition coefficient (Wildman–Crippen LogP) is 2.94. The number of cyclic esters (lactones) is 1. The number of ether oxygens (including phenoxy) is 1. The lowest BCUT2D eigenvalue weighted by Crippen LogP contribution is -2.43. The normalized spacial score (nSPS) is 23.5. The average Bonchev–Trinajstić information content (AvgIpc) is 2.97. The van der Waals surface area contributed by atoms with Crippen LogP contribution in [0.25, 0.3) is 0 Å². The molecule has 2 fully saturated rings. The summed E-state index contributed by atoms with van der Waals surface area (Å²) in [5.41, 5.74) is 1.12. The first-order valence-electron chi connectivity index (χ1n) is 9.27. The minimum absolute atomic E-state index is 0.0811. The molecule has 3 rings (SSSR count). The maximum Gasteiger partial charge on any atom is 0.416 e. The van der Waals surface area contributed by atoms with Gasteiger partial charge in [-0.2, -0.15) is 0 Å². The van der Waals surface area contributed by atoms with E-state index in [-0.39, 0.29) is 17.9 Å². The topological polar surface area (TPSA) is 49.9 Å². The molecule has 1 aromatic carbocycles. The number of imide groups is 1. The molecule has 0 bridgehead atoms. The van der Waals surface area contributed by atoms with Gasteiger partial charge in [-0.3, -0.25) is 4.79 Å². The fourth-order valence-corrected chi connectivity index (χ4v) is 3.90. The van der Waals surface area contributed by atoms with Gasteiger partial charge in [0.1, 0.15) is 6.61 Å². The molecule has 136 valence electrons. The van der Waals surface area contributed by atoms with Crippen molar-refractivity contribution in [2.75, 3.05) is 26.7 Å². The van der Waals surface area contributed by atoms with Gasteiger partial charge in [0.15, 0.2) is 0 Å². The second-order valence-corrected chi connectivity index (χ2v) is 7.51. The van der Waals surface area contributed by atoms with Crippen molar-refractivity contribution in [3.8, 4) is 0 Å². The van der Waals surface area contributed by atoms with Gasteiger partial charge < -0.3 is 9.64 Å². The molecule has 2 saturated heterocycles. The fourth-order valence-electron chi connectivity index (χ4n) is 3.90. The predicted molar refractivity (Wildman–Crippen MR) is 96.1 cm³/mol. The highest BCUT2D eigenvalue weighted by molar-refractivity contribution is 5.94. The summed E-state index contributed by atoms with van der Waals surface area (Å²) in [4.78, 5) is 28.7. The first-order chi connectivity index (χ1) is 12.0. The van der Waals surface area contributed by atoms with Crippen LogP contribution < -0.4 is 0 Å². The van der Waals surface area contributed by atoms with Crippen molar-refractivity contribution in [3.63, 3.8) is 0 Å². The van der Waals surface area contributed by atoms with Crippen LogP contribution in [-0.2, 0) is 16.0 Å². The monoisotopic (exact) mass is 344 g/mol.